The van der Waals surface area contributed by atoms with Gasteiger partial charge in [0.15, 0.2) is 12.6 Å². The fourth-order valence-corrected chi connectivity index (χ4v) is 9.68. The summed E-state index contributed by atoms with van der Waals surface area (Å²) in [4.78, 5) is 36.8. The monoisotopic (exact) mass is 923 g/mol. The number of carbonyl (C=O) groups excluding carboxylic acids is 2. The number of aliphatic hydroxyl groups is 3. The van der Waals surface area contributed by atoms with Gasteiger partial charge in [0.25, 0.3) is 0 Å². The van der Waals surface area contributed by atoms with Crippen molar-refractivity contribution in [3.8, 4) is 0 Å². The van der Waals surface area contributed by atoms with Crippen LogP contribution in [0.25, 0.3) is 0 Å². The van der Waals surface area contributed by atoms with E-state index in [1.165, 1.54) is 14.2 Å². The van der Waals surface area contributed by atoms with Crippen LogP contribution in [0.2, 0.25) is 0 Å². The SMILES string of the molecule is COC(C)(C)O/N=C1\[C@H](C)C[C@@](C)(O)[C@H](O[C@H]2O[C@@H](C)C[C@@H](N(C)C)[C@@H]2C(=O)OCc2ccccc2)[C@H](C)[C@H](O[C@H]2CC(C)(OC)C(O)C(C)O2)[C@H](C)C(=O)O[C@H](C)C(C)(C)[C@@H](O)[C@H]1C. The van der Waals surface area contributed by atoms with Gasteiger partial charge in [-0.25, -0.2) is 0 Å². The first-order chi connectivity index (χ1) is 30.1. The van der Waals surface area contributed by atoms with E-state index in [2.05, 4.69) is 5.16 Å². The van der Waals surface area contributed by atoms with Crippen LogP contribution in [0.15, 0.2) is 35.5 Å². The van der Waals surface area contributed by atoms with Gasteiger partial charge in [0, 0.05) is 63.7 Å². The number of carbonyl (C=O) groups is 2. The summed E-state index contributed by atoms with van der Waals surface area (Å²) in [6.07, 6.45) is -7.88. The van der Waals surface area contributed by atoms with Crippen LogP contribution in [0.1, 0.15) is 115 Å². The van der Waals surface area contributed by atoms with Gasteiger partial charge in [-0.2, -0.15) is 0 Å². The molecule has 1 aromatic carbocycles. The summed E-state index contributed by atoms with van der Waals surface area (Å²) >= 11 is 0. The third kappa shape index (κ3) is 13.1. The maximum Gasteiger partial charge on any atom is 0.316 e. The Morgan fingerprint density at radius 1 is 0.908 bits per heavy atom. The zero-order chi connectivity index (χ0) is 49.0. The second kappa shape index (κ2) is 22.1. The number of hydrogen-bond donors (Lipinski definition) is 3. The third-order valence-corrected chi connectivity index (χ3v) is 14.5. The highest BCUT2D eigenvalue weighted by atomic mass is 16.8. The largest absolute Gasteiger partial charge is 0.462 e. The van der Waals surface area contributed by atoms with Crippen molar-refractivity contribution >= 4 is 17.7 Å². The molecule has 3 aliphatic rings. The Morgan fingerprint density at radius 2 is 1.54 bits per heavy atom. The predicted octanol–water partition coefficient (Wildman–Crippen LogP) is 5.86. The molecule has 0 amide bonds. The highest BCUT2D eigenvalue weighted by Gasteiger charge is 2.54. The van der Waals surface area contributed by atoms with Crippen molar-refractivity contribution in [2.75, 3.05) is 28.3 Å². The number of cyclic esters (lactones) is 1. The average Bonchev–Trinajstić information content (AvgIpc) is 3.24. The van der Waals surface area contributed by atoms with Crippen molar-refractivity contribution in [3.63, 3.8) is 0 Å². The molecule has 0 aliphatic carbocycles. The number of aliphatic hydroxyl groups excluding tert-OH is 2. The molecule has 1 aromatic rings. The second-order valence-corrected chi connectivity index (χ2v) is 20.8. The number of oxime groups is 1. The molecule has 0 aromatic heterocycles. The van der Waals surface area contributed by atoms with Gasteiger partial charge in [0.05, 0.1) is 53.4 Å². The summed E-state index contributed by atoms with van der Waals surface area (Å²) in [5, 5.41) is 41.0. The fourth-order valence-electron chi connectivity index (χ4n) is 9.68. The lowest BCUT2D eigenvalue weighted by molar-refractivity contribution is -0.312. The Balaban J connectivity index is 1.92. The Labute approximate surface area is 387 Å². The zero-order valence-corrected chi connectivity index (χ0v) is 42.1. The molecule has 3 heterocycles. The van der Waals surface area contributed by atoms with Gasteiger partial charge in [-0.3, -0.25) is 9.59 Å². The molecule has 3 aliphatic heterocycles. The van der Waals surface area contributed by atoms with E-state index in [0.717, 1.165) is 5.56 Å². The van der Waals surface area contributed by atoms with Gasteiger partial charge in [-0.1, -0.05) is 70.1 Å². The highest BCUT2D eigenvalue weighted by molar-refractivity contribution is 5.88. The predicted molar refractivity (Wildman–Crippen MR) is 243 cm³/mol. The molecule has 0 spiro atoms. The summed E-state index contributed by atoms with van der Waals surface area (Å²) < 4.78 is 50.3. The van der Waals surface area contributed by atoms with Crippen LogP contribution in [-0.2, 0) is 58.9 Å². The molecule has 3 N–H and O–H groups in total. The van der Waals surface area contributed by atoms with E-state index in [-0.39, 0.29) is 31.6 Å². The number of benzene rings is 1. The van der Waals surface area contributed by atoms with Gasteiger partial charge >= 0.3 is 11.9 Å². The first kappa shape index (κ1) is 54.8. The van der Waals surface area contributed by atoms with E-state index in [1.54, 1.807) is 48.5 Å². The number of methoxy groups -OCH3 is 2. The molecule has 4 rings (SSSR count). The van der Waals surface area contributed by atoms with Crippen molar-refractivity contribution in [2.24, 2.45) is 40.2 Å². The van der Waals surface area contributed by atoms with E-state index in [9.17, 15) is 24.9 Å². The standard InChI is InChI=1S/C49H82N2O14/c1-27-24-48(12,56)42(64-45-37(35(51(14)15)23-28(2)60-45)44(55)59-26-34-21-19-18-20-22-34)30(4)39(63-36-25-49(13,58-17)41(53)32(6)61-36)31(5)43(54)62-33(7)46(8,9)40(52)29(3)38(27)50-65-47(10,11)57-16/h18-22,27-33,35-37,39-42,45,52-53,56H,23-26H2,1-17H3/b50-38+/t27-,28+,29+,30-,31+,32?,33-,35-,36+,37-,39+,40+,41?,42-,45-,48-,49?/m1/s1. The molecule has 0 bridgehead atoms. The number of ether oxygens (including phenoxy) is 8. The molecule has 65 heavy (non-hydrogen) atoms. The first-order valence-corrected chi connectivity index (χ1v) is 23.2. The van der Waals surface area contributed by atoms with Gasteiger partial charge in [0.1, 0.15) is 24.7 Å². The van der Waals surface area contributed by atoms with Crippen LogP contribution in [0.3, 0.4) is 0 Å². The van der Waals surface area contributed by atoms with Crippen molar-refractivity contribution in [1.29, 1.82) is 0 Å². The quantitative estimate of drug-likeness (QED) is 0.128. The number of nitrogens with zero attached hydrogens (tertiary/aromatic N) is 2. The Morgan fingerprint density at radius 3 is 2.12 bits per heavy atom. The first-order valence-electron chi connectivity index (χ1n) is 23.2. The van der Waals surface area contributed by atoms with E-state index < -0.39 is 113 Å². The summed E-state index contributed by atoms with van der Waals surface area (Å²) in [6, 6.07) is 9.00. The third-order valence-electron chi connectivity index (χ3n) is 14.5. The van der Waals surface area contributed by atoms with Gasteiger partial charge in [0.2, 0.25) is 5.79 Å². The molecule has 0 saturated carbocycles. The molecule has 3 unspecified atom stereocenters. The van der Waals surface area contributed by atoms with Crippen molar-refractivity contribution in [1.82, 2.24) is 4.90 Å². The molecule has 17 atom stereocenters. The smallest absolute Gasteiger partial charge is 0.316 e. The number of hydrogen-bond acceptors (Lipinski definition) is 16. The van der Waals surface area contributed by atoms with E-state index >= 15 is 0 Å². The minimum atomic E-state index is -1.78. The molecule has 3 fully saturated rings. The Kier molecular flexibility index (Phi) is 18.7. The topological polar surface area (TPSA) is 193 Å². The average molecular weight is 923 g/mol. The van der Waals surface area contributed by atoms with Crippen molar-refractivity contribution in [2.45, 2.75) is 194 Å². The molecule has 372 valence electrons. The normalized spacial score (nSPS) is 40.8. The molecule has 16 nitrogen and oxygen atoms in total. The molecule has 16 heteroatoms. The minimum Gasteiger partial charge on any atom is -0.462 e. The van der Waals surface area contributed by atoms with Gasteiger partial charge in [-0.15, -0.1) is 0 Å². The lowest BCUT2D eigenvalue weighted by atomic mass is 9.71. The highest BCUT2D eigenvalue weighted by Crippen LogP contribution is 2.43. The number of esters is 2. The van der Waals surface area contributed by atoms with Crippen LogP contribution >= 0.6 is 0 Å². The lowest BCUT2D eigenvalue weighted by Gasteiger charge is -2.49. The van der Waals surface area contributed by atoms with Crippen molar-refractivity contribution < 1.29 is 67.6 Å². The van der Waals surface area contributed by atoms with Gasteiger partial charge < -0.3 is 63.0 Å². The van der Waals surface area contributed by atoms with E-state index in [1.807, 2.05) is 90.9 Å². The minimum absolute atomic E-state index is 0.00358. The maximum atomic E-state index is 14.5. The summed E-state index contributed by atoms with van der Waals surface area (Å²) in [5.74, 6) is -6.34. The van der Waals surface area contributed by atoms with E-state index in [0.29, 0.717) is 12.1 Å². The van der Waals surface area contributed by atoms with Crippen LogP contribution in [0.4, 0.5) is 0 Å². The van der Waals surface area contributed by atoms with Crippen LogP contribution in [0.5, 0.6) is 0 Å². The van der Waals surface area contributed by atoms with Gasteiger partial charge in [-0.05, 0) is 74.0 Å². The molecule has 3 saturated heterocycles. The summed E-state index contributed by atoms with van der Waals surface area (Å²) in [5.41, 5.74) is -2.61. The van der Waals surface area contributed by atoms with Crippen LogP contribution in [0, 0.1) is 35.0 Å². The second-order valence-electron chi connectivity index (χ2n) is 20.8. The number of rotatable bonds is 12. The Bertz CT molecular complexity index is 1720. The summed E-state index contributed by atoms with van der Waals surface area (Å²) in [7, 11) is 6.78. The molecular weight excluding hydrogens is 841 g/mol. The van der Waals surface area contributed by atoms with Crippen LogP contribution < -0.4 is 0 Å². The fraction of sp³-hybridized carbons (Fsp3) is 0.816. The lowest BCUT2D eigenvalue weighted by Crippen LogP contribution is -2.60. The summed E-state index contributed by atoms with van der Waals surface area (Å²) in [6.45, 7) is 23.1. The maximum absolute atomic E-state index is 14.5. The molecule has 0 radical (unpaired) electrons. The van der Waals surface area contributed by atoms with Crippen LogP contribution in [-0.4, -0.2) is 145 Å². The Hall–Kier alpha value is -2.77. The zero-order valence-electron chi connectivity index (χ0n) is 42.1. The van der Waals surface area contributed by atoms with Crippen molar-refractivity contribution in [3.05, 3.63) is 35.9 Å². The van der Waals surface area contributed by atoms with E-state index in [4.69, 9.17) is 42.7 Å². The molecular formula is C49H82N2O14.